The lowest BCUT2D eigenvalue weighted by molar-refractivity contribution is 0.0921. The summed E-state index contributed by atoms with van der Waals surface area (Å²) >= 11 is 0. The Balaban J connectivity index is 1.76. The Hall–Kier alpha value is -2.74. The predicted molar refractivity (Wildman–Crippen MR) is 85.7 cm³/mol. The van der Waals surface area contributed by atoms with Gasteiger partial charge in [0.25, 0.3) is 11.5 Å². The van der Waals surface area contributed by atoms with Gasteiger partial charge in [0.1, 0.15) is 5.56 Å². The van der Waals surface area contributed by atoms with Crippen molar-refractivity contribution in [3.05, 3.63) is 62.7 Å². The average Bonchev–Trinajstić information content (AvgIpc) is 3.11. The van der Waals surface area contributed by atoms with Crippen LogP contribution in [0, 0.1) is 0 Å². The largest absolute Gasteiger partial charge is 0.376 e. The summed E-state index contributed by atoms with van der Waals surface area (Å²) in [6, 6.07) is 5.35. The number of rotatable bonds is 5. The molecular weight excluding hydrogens is 312 g/mol. The van der Waals surface area contributed by atoms with Gasteiger partial charge in [0.2, 0.25) is 0 Å². The third-order valence-electron chi connectivity index (χ3n) is 3.87. The molecule has 1 saturated heterocycles. The highest BCUT2D eigenvalue weighted by atomic mass is 16.5. The zero-order valence-electron chi connectivity index (χ0n) is 13.0. The first-order chi connectivity index (χ1) is 11.6. The number of H-pyrrole nitrogens is 1. The number of ether oxygens (including phenoxy) is 1. The van der Waals surface area contributed by atoms with Crippen LogP contribution in [-0.4, -0.2) is 33.2 Å². The molecule has 2 N–H and O–H groups in total. The first kappa shape index (κ1) is 16.1. The van der Waals surface area contributed by atoms with Gasteiger partial charge in [-0.1, -0.05) is 6.07 Å². The highest BCUT2D eigenvalue weighted by Gasteiger charge is 2.20. The molecule has 126 valence electrons. The van der Waals surface area contributed by atoms with Crippen LogP contribution in [0.1, 0.15) is 28.9 Å². The monoisotopic (exact) mass is 330 g/mol. The Morgan fingerprint density at radius 2 is 2.29 bits per heavy atom. The molecule has 1 aliphatic heterocycles. The minimum atomic E-state index is -0.618. The number of hydrogen-bond donors (Lipinski definition) is 2. The van der Waals surface area contributed by atoms with Crippen LogP contribution in [0.25, 0.3) is 0 Å². The second kappa shape index (κ2) is 7.22. The molecule has 1 atom stereocenters. The Labute approximate surface area is 137 Å². The zero-order chi connectivity index (χ0) is 16.9. The van der Waals surface area contributed by atoms with Crippen molar-refractivity contribution in [3.8, 4) is 0 Å². The number of carbonyl (C=O) groups excluding carboxylic acids is 1. The first-order valence-electron chi connectivity index (χ1n) is 7.77. The number of aromatic amines is 1. The van der Waals surface area contributed by atoms with Crippen molar-refractivity contribution < 1.29 is 9.53 Å². The molecule has 1 amide bonds. The number of pyridine rings is 1. The summed E-state index contributed by atoms with van der Waals surface area (Å²) < 4.78 is 6.47. The number of amides is 1. The van der Waals surface area contributed by atoms with Crippen LogP contribution in [0.2, 0.25) is 0 Å². The van der Waals surface area contributed by atoms with Gasteiger partial charge in [0, 0.05) is 19.0 Å². The van der Waals surface area contributed by atoms with Crippen LogP contribution in [0.4, 0.5) is 0 Å². The van der Waals surface area contributed by atoms with E-state index >= 15 is 0 Å². The topological polar surface area (TPSA) is 106 Å². The molecule has 8 nitrogen and oxygen atoms in total. The molecule has 2 aromatic rings. The minimum absolute atomic E-state index is 0.108. The van der Waals surface area contributed by atoms with Crippen LogP contribution < -0.4 is 16.6 Å². The fourth-order valence-corrected chi connectivity index (χ4v) is 2.60. The first-order valence-corrected chi connectivity index (χ1v) is 7.77. The van der Waals surface area contributed by atoms with Crippen LogP contribution in [-0.2, 0) is 17.8 Å². The Morgan fingerprint density at radius 1 is 1.42 bits per heavy atom. The Kier molecular flexibility index (Phi) is 4.85. The molecule has 0 bridgehead atoms. The van der Waals surface area contributed by atoms with Gasteiger partial charge >= 0.3 is 5.69 Å². The Bertz CT molecular complexity index is 822. The summed E-state index contributed by atoms with van der Waals surface area (Å²) in [7, 11) is 0. The molecule has 1 fully saturated rings. The lowest BCUT2D eigenvalue weighted by Gasteiger charge is -2.12. The zero-order valence-corrected chi connectivity index (χ0v) is 13.0. The molecule has 3 rings (SSSR count). The number of carbonyl (C=O) groups is 1. The summed E-state index contributed by atoms with van der Waals surface area (Å²) in [5, 5.41) is 2.63. The van der Waals surface area contributed by atoms with Crippen molar-refractivity contribution in [2.75, 3.05) is 6.61 Å². The highest BCUT2D eigenvalue weighted by Crippen LogP contribution is 2.12. The second-order valence-electron chi connectivity index (χ2n) is 5.56. The van der Waals surface area contributed by atoms with Crippen LogP contribution in [0.5, 0.6) is 0 Å². The fourth-order valence-electron chi connectivity index (χ4n) is 2.60. The summed E-state index contributed by atoms with van der Waals surface area (Å²) in [4.78, 5) is 43.1. The molecule has 0 saturated carbocycles. The van der Waals surface area contributed by atoms with Crippen LogP contribution in [0.3, 0.4) is 0 Å². The maximum absolute atomic E-state index is 12.4. The molecule has 2 aromatic heterocycles. The van der Waals surface area contributed by atoms with E-state index in [9.17, 15) is 14.4 Å². The second-order valence-corrected chi connectivity index (χ2v) is 5.56. The Morgan fingerprint density at radius 3 is 3.00 bits per heavy atom. The molecule has 0 aliphatic carbocycles. The smallest absolute Gasteiger partial charge is 0.328 e. The number of hydrogen-bond acceptors (Lipinski definition) is 5. The summed E-state index contributed by atoms with van der Waals surface area (Å²) in [6.45, 7) is 0.973. The van der Waals surface area contributed by atoms with Gasteiger partial charge in [-0.15, -0.1) is 0 Å². The molecule has 0 spiro atoms. The van der Waals surface area contributed by atoms with Gasteiger partial charge in [-0.3, -0.25) is 19.1 Å². The van der Waals surface area contributed by atoms with Gasteiger partial charge in [0.15, 0.2) is 0 Å². The van der Waals surface area contributed by atoms with Crippen molar-refractivity contribution in [1.29, 1.82) is 0 Å². The lowest BCUT2D eigenvalue weighted by Crippen LogP contribution is -2.42. The predicted octanol–water partition coefficient (Wildman–Crippen LogP) is 0.0406. The standard InChI is InChI=1S/C16H18N4O4/c21-14(18-8-11-4-1-2-6-17-11)13-9-19-16(23)20(15(13)22)10-12-5-3-7-24-12/h1-2,4,6,9,12H,3,5,7-8,10H2,(H,18,21)(H,19,23). The van der Waals surface area contributed by atoms with Gasteiger partial charge in [-0.05, 0) is 25.0 Å². The van der Waals surface area contributed by atoms with Crippen molar-refractivity contribution in [1.82, 2.24) is 19.9 Å². The average molecular weight is 330 g/mol. The van der Waals surface area contributed by atoms with E-state index in [1.165, 1.54) is 0 Å². The minimum Gasteiger partial charge on any atom is -0.376 e. The van der Waals surface area contributed by atoms with E-state index in [2.05, 4.69) is 15.3 Å². The molecule has 1 aliphatic rings. The molecular formula is C16H18N4O4. The van der Waals surface area contributed by atoms with E-state index in [-0.39, 0.29) is 24.8 Å². The van der Waals surface area contributed by atoms with E-state index in [1.54, 1.807) is 18.3 Å². The van der Waals surface area contributed by atoms with E-state index in [0.29, 0.717) is 12.3 Å². The maximum Gasteiger partial charge on any atom is 0.328 e. The fraction of sp³-hybridized carbons (Fsp3) is 0.375. The van der Waals surface area contributed by atoms with Gasteiger partial charge in [-0.2, -0.15) is 0 Å². The van der Waals surface area contributed by atoms with Crippen LogP contribution in [0.15, 0.2) is 40.2 Å². The summed E-state index contributed by atoms with van der Waals surface area (Å²) in [6.07, 6.45) is 4.29. The maximum atomic E-state index is 12.4. The summed E-state index contributed by atoms with van der Waals surface area (Å²) in [5.74, 6) is -0.553. The molecule has 0 radical (unpaired) electrons. The third kappa shape index (κ3) is 3.60. The van der Waals surface area contributed by atoms with E-state index in [1.807, 2.05) is 6.07 Å². The number of nitrogens with zero attached hydrogens (tertiary/aromatic N) is 2. The van der Waals surface area contributed by atoms with Crippen LogP contribution >= 0.6 is 0 Å². The molecule has 8 heteroatoms. The van der Waals surface area contributed by atoms with Gasteiger partial charge < -0.3 is 15.0 Å². The van der Waals surface area contributed by atoms with Gasteiger partial charge in [-0.25, -0.2) is 4.79 Å². The third-order valence-corrected chi connectivity index (χ3v) is 3.87. The summed E-state index contributed by atoms with van der Waals surface area (Å²) in [5.41, 5.74) is -0.594. The van der Waals surface area contributed by atoms with Crippen molar-refractivity contribution in [2.45, 2.75) is 32.0 Å². The lowest BCUT2D eigenvalue weighted by atomic mass is 10.2. The quantitative estimate of drug-likeness (QED) is 0.805. The van der Waals surface area contributed by atoms with Crippen molar-refractivity contribution >= 4 is 5.91 Å². The number of aromatic nitrogens is 3. The molecule has 1 unspecified atom stereocenters. The van der Waals surface area contributed by atoms with E-state index < -0.39 is 17.2 Å². The van der Waals surface area contributed by atoms with Crippen molar-refractivity contribution in [3.63, 3.8) is 0 Å². The van der Waals surface area contributed by atoms with E-state index in [4.69, 9.17) is 4.74 Å². The molecule has 0 aromatic carbocycles. The highest BCUT2D eigenvalue weighted by molar-refractivity contribution is 5.93. The van der Waals surface area contributed by atoms with E-state index in [0.717, 1.165) is 23.6 Å². The molecule has 24 heavy (non-hydrogen) atoms. The molecule has 3 heterocycles. The SMILES string of the molecule is O=C(NCc1ccccn1)c1c[nH]c(=O)n(CC2CCCO2)c1=O. The number of nitrogens with one attached hydrogen (secondary N) is 2. The normalized spacial score (nSPS) is 16.9. The van der Waals surface area contributed by atoms with Gasteiger partial charge in [0.05, 0.1) is 24.9 Å². The van der Waals surface area contributed by atoms with Crippen molar-refractivity contribution in [2.24, 2.45) is 0 Å².